The molecule has 0 saturated carbocycles. The Kier molecular flexibility index (Phi) is 8.17. The SMILES string of the molecule is CN=C(NCCC(F)(F)F)NCc1cccnc1OCCOC. The molecule has 1 rings (SSSR count). The molecule has 0 unspecified atom stereocenters. The van der Waals surface area contributed by atoms with E-state index in [9.17, 15) is 13.2 Å². The summed E-state index contributed by atoms with van der Waals surface area (Å²) in [5.74, 6) is 0.726. The van der Waals surface area contributed by atoms with E-state index in [4.69, 9.17) is 9.47 Å². The predicted molar refractivity (Wildman–Crippen MR) is 80.5 cm³/mol. The summed E-state index contributed by atoms with van der Waals surface area (Å²) in [5, 5.41) is 5.53. The Labute approximate surface area is 133 Å². The Bertz CT molecular complexity index is 495. The Morgan fingerprint density at radius 1 is 1.30 bits per heavy atom. The second-order valence-corrected chi connectivity index (χ2v) is 4.53. The number of hydrogen-bond acceptors (Lipinski definition) is 4. The highest BCUT2D eigenvalue weighted by Gasteiger charge is 2.26. The van der Waals surface area contributed by atoms with Crippen molar-refractivity contribution >= 4 is 5.96 Å². The zero-order chi connectivity index (χ0) is 17.1. The van der Waals surface area contributed by atoms with Crippen LogP contribution >= 0.6 is 0 Å². The van der Waals surface area contributed by atoms with Crippen LogP contribution in [0.15, 0.2) is 23.3 Å². The number of methoxy groups -OCH3 is 1. The van der Waals surface area contributed by atoms with Crippen LogP contribution in [0.3, 0.4) is 0 Å². The van der Waals surface area contributed by atoms with Gasteiger partial charge in [-0.05, 0) is 6.07 Å². The van der Waals surface area contributed by atoms with Gasteiger partial charge in [-0.3, -0.25) is 4.99 Å². The molecule has 0 radical (unpaired) electrons. The van der Waals surface area contributed by atoms with E-state index in [0.717, 1.165) is 5.56 Å². The normalized spacial score (nSPS) is 12.1. The highest BCUT2D eigenvalue weighted by molar-refractivity contribution is 5.79. The van der Waals surface area contributed by atoms with Crippen molar-refractivity contribution in [2.75, 3.05) is 33.9 Å². The van der Waals surface area contributed by atoms with Gasteiger partial charge in [0.1, 0.15) is 6.61 Å². The van der Waals surface area contributed by atoms with Crippen molar-refractivity contribution < 1.29 is 22.6 Å². The Morgan fingerprint density at radius 2 is 2.09 bits per heavy atom. The van der Waals surface area contributed by atoms with Gasteiger partial charge in [-0.1, -0.05) is 6.07 Å². The minimum absolute atomic E-state index is 0.243. The van der Waals surface area contributed by atoms with Crippen LogP contribution in [0.5, 0.6) is 5.88 Å². The van der Waals surface area contributed by atoms with Crippen LogP contribution < -0.4 is 15.4 Å². The molecular weight excluding hydrogens is 313 g/mol. The lowest BCUT2D eigenvalue weighted by molar-refractivity contribution is -0.132. The maximum atomic E-state index is 12.1. The molecule has 0 amide bonds. The minimum Gasteiger partial charge on any atom is -0.475 e. The summed E-state index contributed by atoms with van der Waals surface area (Å²) in [4.78, 5) is 8.00. The number of aliphatic imine (C=N–C) groups is 1. The lowest BCUT2D eigenvalue weighted by Gasteiger charge is -2.14. The molecule has 1 aromatic heterocycles. The van der Waals surface area contributed by atoms with Gasteiger partial charge in [-0.2, -0.15) is 13.2 Å². The maximum absolute atomic E-state index is 12.1. The van der Waals surface area contributed by atoms with Crippen molar-refractivity contribution in [3.63, 3.8) is 0 Å². The van der Waals surface area contributed by atoms with E-state index in [1.807, 2.05) is 6.07 Å². The van der Waals surface area contributed by atoms with Gasteiger partial charge in [0.05, 0.1) is 13.0 Å². The topological polar surface area (TPSA) is 67.8 Å². The summed E-state index contributed by atoms with van der Waals surface area (Å²) in [6.07, 6.45) is -3.52. The van der Waals surface area contributed by atoms with E-state index in [-0.39, 0.29) is 12.5 Å². The van der Waals surface area contributed by atoms with Gasteiger partial charge in [-0.15, -0.1) is 0 Å². The van der Waals surface area contributed by atoms with Crippen molar-refractivity contribution in [2.24, 2.45) is 4.99 Å². The van der Waals surface area contributed by atoms with E-state index >= 15 is 0 Å². The van der Waals surface area contributed by atoms with Crippen LogP contribution in [-0.4, -0.2) is 51.0 Å². The molecule has 0 aromatic carbocycles. The first-order valence-corrected chi connectivity index (χ1v) is 7.03. The van der Waals surface area contributed by atoms with Crippen molar-refractivity contribution in [1.29, 1.82) is 0 Å². The van der Waals surface area contributed by atoms with Crippen LogP contribution in [-0.2, 0) is 11.3 Å². The highest BCUT2D eigenvalue weighted by Crippen LogP contribution is 2.18. The summed E-state index contributed by atoms with van der Waals surface area (Å²) in [5.41, 5.74) is 0.766. The molecule has 0 aliphatic carbocycles. The number of hydrogen-bond donors (Lipinski definition) is 2. The number of rotatable bonds is 8. The molecule has 0 aliphatic heterocycles. The van der Waals surface area contributed by atoms with Gasteiger partial charge in [0.2, 0.25) is 5.88 Å². The van der Waals surface area contributed by atoms with Crippen molar-refractivity contribution in [3.8, 4) is 5.88 Å². The molecule has 6 nitrogen and oxygen atoms in total. The predicted octanol–water partition coefficient (Wildman–Crippen LogP) is 1.72. The Hall–Kier alpha value is -2.03. The molecule has 0 saturated heterocycles. The monoisotopic (exact) mass is 334 g/mol. The third-order valence-corrected chi connectivity index (χ3v) is 2.75. The number of aromatic nitrogens is 1. The zero-order valence-corrected chi connectivity index (χ0v) is 13.1. The first kappa shape index (κ1) is 19.0. The molecular formula is C14H21F3N4O2. The number of pyridine rings is 1. The molecule has 9 heteroatoms. The van der Waals surface area contributed by atoms with E-state index < -0.39 is 12.6 Å². The highest BCUT2D eigenvalue weighted by atomic mass is 19.4. The average molecular weight is 334 g/mol. The maximum Gasteiger partial charge on any atom is 0.390 e. The standard InChI is InChI=1S/C14H21F3N4O2/c1-18-13(20-7-5-14(15,16)17)21-10-11-4-3-6-19-12(11)23-9-8-22-2/h3-4,6H,5,7-10H2,1-2H3,(H2,18,20,21). The van der Waals surface area contributed by atoms with Crippen molar-refractivity contribution in [2.45, 2.75) is 19.1 Å². The van der Waals surface area contributed by atoms with E-state index in [2.05, 4.69) is 20.6 Å². The third kappa shape index (κ3) is 8.24. The number of nitrogens with zero attached hydrogens (tertiary/aromatic N) is 2. The van der Waals surface area contributed by atoms with Gasteiger partial charge in [0.15, 0.2) is 5.96 Å². The molecule has 0 aliphatic rings. The van der Waals surface area contributed by atoms with E-state index in [1.165, 1.54) is 7.05 Å². The fourth-order valence-electron chi connectivity index (χ4n) is 1.63. The molecule has 1 heterocycles. The molecule has 0 bridgehead atoms. The summed E-state index contributed by atoms with van der Waals surface area (Å²) >= 11 is 0. The van der Waals surface area contributed by atoms with Crippen LogP contribution in [0, 0.1) is 0 Å². The third-order valence-electron chi connectivity index (χ3n) is 2.75. The fourth-order valence-corrected chi connectivity index (χ4v) is 1.63. The number of alkyl halides is 3. The lowest BCUT2D eigenvalue weighted by Crippen LogP contribution is -2.38. The van der Waals surface area contributed by atoms with Gasteiger partial charge >= 0.3 is 6.18 Å². The number of guanidine groups is 1. The Balaban J connectivity index is 2.49. The molecule has 0 spiro atoms. The first-order valence-electron chi connectivity index (χ1n) is 7.03. The molecule has 130 valence electrons. The van der Waals surface area contributed by atoms with Crippen LogP contribution in [0.25, 0.3) is 0 Å². The van der Waals surface area contributed by atoms with Gasteiger partial charge in [-0.25, -0.2) is 4.98 Å². The molecule has 1 aromatic rings. The lowest BCUT2D eigenvalue weighted by atomic mass is 10.2. The summed E-state index contributed by atoms with van der Waals surface area (Å²) < 4.78 is 46.8. The first-order chi connectivity index (χ1) is 11.0. The van der Waals surface area contributed by atoms with Gasteiger partial charge in [0.25, 0.3) is 0 Å². The zero-order valence-electron chi connectivity index (χ0n) is 13.1. The van der Waals surface area contributed by atoms with Crippen LogP contribution in [0.2, 0.25) is 0 Å². The van der Waals surface area contributed by atoms with Crippen molar-refractivity contribution in [3.05, 3.63) is 23.9 Å². The molecule has 0 fully saturated rings. The van der Waals surface area contributed by atoms with E-state index in [1.54, 1.807) is 19.4 Å². The number of nitrogens with one attached hydrogen (secondary N) is 2. The molecule has 23 heavy (non-hydrogen) atoms. The molecule has 2 N–H and O–H groups in total. The largest absolute Gasteiger partial charge is 0.475 e. The van der Waals surface area contributed by atoms with E-state index in [0.29, 0.717) is 25.6 Å². The second-order valence-electron chi connectivity index (χ2n) is 4.53. The summed E-state index contributed by atoms with van der Waals surface area (Å²) in [7, 11) is 3.06. The fraction of sp³-hybridized carbons (Fsp3) is 0.571. The van der Waals surface area contributed by atoms with Gasteiger partial charge in [0, 0.05) is 39.0 Å². The van der Waals surface area contributed by atoms with Gasteiger partial charge < -0.3 is 20.1 Å². The average Bonchev–Trinajstić information content (AvgIpc) is 2.51. The summed E-state index contributed by atoms with van der Waals surface area (Å²) in [6, 6.07) is 3.56. The second kappa shape index (κ2) is 9.88. The van der Waals surface area contributed by atoms with Crippen LogP contribution in [0.4, 0.5) is 13.2 Å². The minimum atomic E-state index is -4.20. The number of ether oxygens (including phenoxy) is 2. The molecule has 0 atom stereocenters. The number of halogens is 3. The van der Waals surface area contributed by atoms with Crippen LogP contribution in [0.1, 0.15) is 12.0 Å². The Morgan fingerprint density at radius 3 is 2.74 bits per heavy atom. The van der Waals surface area contributed by atoms with Crippen molar-refractivity contribution in [1.82, 2.24) is 15.6 Å². The quantitative estimate of drug-likeness (QED) is 0.430. The smallest absolute Gasteiger partial charge is 0.390 e. The summed E-state index contributed by atoms with van der Waals surface area (Å²) in [6.45, 7) is 0.873.